The Labute approximate surface area is 81.2 Å². The Bertz CT molecular complexity index is 243. The number of hydrogen-bond donors (Lipinski definition) is 6. The minimum Gasteiger partial charge on any atom is -0.442 e. The van der Waals surface area contributed by atoms with Gasteiger partial charge in [-0.15, -0.1) is 11.1 Å². The van der Waals surface area contributed by atoms with Gasteiger partial charge in [0.1, 0.15) is 11.4 Å². The molecule has 8 nitrogen and oxygen atoms in total. The second kappa shape index (κ2) is 4.95. The van der Waals surface area contributed by atoms with Gasteiger partial charge < -0.3 is 11.7 Å². The Balaban J connectivity index is 2.78. The van der Waals surface area contributed by atoms with Crippen LogP contribution in [0.1, 0.15) is 0 Å². The van der Waals surface area contributed by atoms with Crippen molar-refractivity contribution in [1.82, 2.24) is 11.1 Å². The van der Waals surface area contributed by atoms with Gasteiger partial charge in [0.25, 0.3) is 0 Å². The first-order valence-electron chi connectivity index (χ1n) is 3.90. The highest BCUT2D eigenvalue weighted by Crippen LogP contribution is 2.05. The van der Waals surface area contributed by atoms with Crippen LogP contribution in [0.2, 0.25) is 0 Å². The summed E-state index contributed by atoms with van der Waals surface area (Å²) in [6, 6.07) is 6.74. The Morgan fingerprint density at radius 2 is 1.14 bits per heavy atom. The van der Waals surface area contributed by atoms with Crippen LogP contribution >= 0.6 is 0 Å². The highest BCUT2D eigenvalue weighted by molar-refractivity contribution is 5.39. The zero-order chi connectivity index (χ0) is 10.6. The minimum absolute atomic E-state index is 0.129. The van der Waals surface area contributed by atoms with E-state index >= 15 is 0 Å². The molecule has 0 heterocycles. The van der Waals surface area contributed by atoms with E-state index in [2.05, 4.69) is 11.1 Å². The molecule has 0 bridgehead atoms. The van der Waals surface area contributed by atoms with Gasteiger partial charge in [-0.25, -0.2) is 11.7 Å². The van der Waals surface area contributed by atoms with Gasteiger partial charge in [-0.2, -0.15) is 0 Å². The lowest BCUT2D eigenvalue weighted by Gasteiger charge is -2.20. The van der Waals surface area contributed by atoms with Crippen molar-refractivity contribution in [2.75, 3.05) is 0 Å². The largest absolute Gasteiger partial charge is 0.442 e. The summed E-state index contributed by atoms with van der Waals surface area (Å²) in [6.07, 6.45) is 0. The molecule has 0 aromatic heterocycles. The molecule has 10 N–H and O–H groups in total. The summed E-state index contributed by atoms with van der Waals surface area (Å²) in [6.45, 7) is 0. The molecule has 0 spiro atoms. The third-order valence-electron chi connectivity index (χ3n) is 1.75. The van der Waals surface area contributed by atoms with Crippen LogP contribution in [0.4, 0.5) is 11.4 Å². The molecule has 0 aliphatic rings. The van der Waals surface area contributed by atoms with Gasteiger partial charge in [-0.1, -0.05) is 0 Å². The van der Waals surface area contributed by atoms with E-state index in [1.165, 1.54) is 0 Å². The zero-order valence-corrected chi connectivity index (χ0v) is 7.46. The third kappa shape index (κ3) is 2.45. The van der Waals surface area contributed by atoms with Crippen molar-refractivity contribution >= 4 is 11.4 Å². The van der Waals surface area contributed by atoms with Gasteiger partial charge in [0.15, 0.2) is 0 Å². The first-order chi connectivity index (χ1) is 6.69. The Morgan fingerprint density at radius 3 is 1.36 bits per heavy atom. The molecule has 0 saturated carbocycles. The molecule has 1 rings (SSSR count). The molecule has 0 aliphatic carbocycles. The van der Waals surface area contributed by atoms with Crippen LogP contribution in [-0.4, -0.2) is 0 Å². The smallest absolute Gasteiger partial charge is 0.142 e. The van der Waals surface area contributed by atoms with Gasteiger partial charge >= 0.3 is 0 Å². The van der Waals surface area contributed by atoms with Crippen LogP contribution in [-0.2, 0) is 0 Å². The molecule has 14 heavy (non-hydrogen) atoms. The molecular weight excluding hydrogens is 184 g/mol. The Morgan fingerprint density at radius 1 is 0.857 bits per heavy atom. The summed E-state index contributed by atoms with van der Waals surface area (Å²) < 4.78 is 0. The predicted molar refractivity (Wildman–Crippen MR) is 51.0 cm³/mol. The quantitative estimate of drug-likeness (QED) is 0.234. The SMILES string of the molecule is [NH-][NH+](NN)c1ccc([NH+]([NH-])NN)cc1. The molecule has 0 aliphatic heterocycles. The number of hydrogen-bond acceptors (Lipinski definition) is 4. The topological polar surface area (TPSA) is 133 Å². The highest BCUT2D eigenvalue weighted by Gasteiger charge is 2.03. The van der Waals surface area contributed by atoms with E-state index < -0.39 is 0 Å². The summed E-state index contributed by atoms with van der Waals surface area (Å²) >= 11 is 0. The van der Waals surface area contributed by atoms with Gasteiger partial charge in [0.05, 0.1) is 0 Å². The summed E-state index contributed by atoms with van der Waals surface area (Å²) in [5.41, 5.74) is 5.77. The average Bonchev–Trinajstić information content (AvgIpc) is 2.27. The van der Waals surface area contributed by atoms with Crippen molar-refractivity contribution in [3.05, 3.63) is 36.0 Å². The maximum absolute atomic E-state index is 7.37. The Hall–Kier alpha value is -1.10. The fourth-order valence-corrected chi connectivity index (χ4v) is 0.970. The van der Waals surface area contributed by atoms with Crippen molar-refractivity contribution < 1.29 is 10.2 Å². The van der Waals surface area contributed by atoms with E-state index in [1.807, 2.05) is 0 Å². The number of benzene rings is 1. The molecule has 1 aromatic carbocycles. The molecule has 0 radical (unpaired) electrons. The third-order valence-corrected chi connectivity index (χ3v) is 1.75. The average molecular weight is 198 g/mol. The number of nitrogens with two attached hydrogens (primary N) is 2. The Kier molecular flexibility index (Phi) is 3.88. The van der Waals surface area contributed by atoms with E-state index in [0.29, 0.717) is 11.4 Å². The second-order valence-corrected chi connectivity index (χ2v) is 2.62. The molecule has 0 amide bonds. The van der Waals surface area contributed by atoms with Crippen LogP contribution in [0.25, 0.3) is 11.7 Å². The molecule has 0 fully saturated rings. The lowest BCUT2D eigenvalue weighted by Crippen LogP contribution is -3.10. The predicted octanol–water partition coefficient (Wildman–Crippen LogP) is -2.59. The number of rotatable bonds is 4. The van der Waals surface area contributed by atoms with E-state index in [4.69, 9.17) is 23.4 Å². The second-order valence-electron chi connectivity index (χ2n) is 2.62. The molecular formula is C6H14N8. The maximum Gasteiger partial charge on any atom is 0.142 e. The van der Waals surface area contributed by atoms with E-state index in [-0.39, 0.29) is 10.2 Å². The van der Waals surface area contributed by atoms with E-state index in [1.54, 1.807) is 24.3 Å². The van der Waals surface area contributed by atoms with Crippen LogP contribution in [0.15, 0.2) is 24.3 Å². The van der Waals surface area contributed by atoms with Crippen LogP contribution in [0, 0.1) is 0 Å². The monoisotopic (exact) mass is 198 g/mol. The number of hydrazine groups is 2. The molecule has 2 atom stereocenters. The van der Waals surface area contributed by atoms with Crippen molar-refractivity contribution in [1.29, 1.82) is 0 Å². The molecule has 78 valence electrons. The number of quaternary nitrogens is 2. The molecule has 2 unspecified atom stereocenters. The van der Waals surface area contributed by atoms with Crippen LogP contribution in [0.3, 0.4) is 0 Å². The normalized spacial score (nSPS) is 15.1. The van der Waals surface area contributed by atoms with Gasteiger partial charge in [-0.3, -0.25) is 10.2 Å². The summed E-state index contributed by atoms with van der Waals surface area (Å²) in [5.74, 6) is 24.9. The van der Waals surface area contributed by atoms with Gasteiger partial charge in [0, 0.05) is 24.3 Å². The summed E-state index contributed by atoms with van der Waals surface area (Å²) in [5, 5.41) is 0.257. The highest BCUT2D eigenvalue weighted by atomic mass is 15.8. The lowest BCUT2D eigenvalue weighted by atomic mass is 10.3. The fraction of sp³-hybridized carbons (Fsp3) is 0. The zero-order valence-electron chi connectivity index (χ0n) is 7.46. The fourth-order valence-electron chi connectivity index (χ4n) is 0.970. The van der Waals surface area contributed by atoms with E-state index in [0.717, 1.165) is 0 Å². The minimum atomic E-state index is 0.129. The van der Waals surface area contributed by atoms with Crippen molar-refractivity contribution in [2.45, 2.75) is 0 Å². The maximum atomic E-state index is 7.37. The van der Waals surface area contributed by atoms with E-state index in [9.17, 15) is 0 Å². The molecule has 1 aromatic rings. The summed E-state index contributed by atoms with van der Waals surface area (Å²) in [7, 11) is 0. The van der Waals surface area contributed by atoms with Crippen LogP contribution in [0.5, 0.6) is 0 Å². The van der Waals surface area contributed by atoms with Gasteiger partial charge in [-0.05, 0) is 0 Å². The van der Waals surface area contributed by atoms with Crippen molar-refractivity contribution in [3.63, 3.8) is 0 Å². The standard InChI is InChI=1S/C6H14N8/c7-11-13(9)5-1-2-6(4-3-5)14(10)12-8/h1-4,9-14H,7-8H2. The van der Waals surface area contributed by atoms with Gasteiger partial charge in [0.2, 0.25) is 0 Å². The molecule has 8 heteroatoms. The van der Waals surface area contributed by atoms with Crippen molar-refractivity contribution in [2.24, 2.45) is 11.7 Å². The summed E-state index contributed by atoms with van der Waals surface area (Å²) in [4.78, 5) is 0. The first kappa shape index (κ1) is 11.0. The van der Waals surface area contributed by atoms with Crippen LogP contribution < -0.4 is 33.0 Å². The first-order valence-corrected chi connectivity index (χ1v) is 3.90. The van der Waals surface area contributed by atoms with Crippen molar-refractivity contribution in [3.8, 4) is 0 Å². The molecule has 0 saturated heterocycles. The lowest BCUT2D eigenvalue weighted by molar-refractivity contribution is -0.833. The number of nitrogens with one attached hydrogen (secondary N) is 6.